The highest BCUT2D eigenvalue weighted by molar-refractivity contribution is 5.92. The normalized spacial score (nSPS) is 22.8. The van der Waals surface area contributed by atoms with Crippen molar-refractivity contribution in [2.75, 3.05) is 66.1 Å². The Bertz CT molecular complexity index is 689. The summed E-state index contributed by atoms with van der Waals surface area (Å²) in [5, 5.41) is 4.06. The van der Waals surface area contributed by atoms with E-state index < -0.39 is 0 Å². The second-order valence-corrected chi connectivity index (χ2v) is 9.56. The number of hydrogen-bond donors (Lipinski definition) is 0. The van der Waals surface area contributed by atoms with E-state index >= 15 is 0 Å². The van der Waals surface area contributed by atoms with Crippen molar-refractivity contribution in [1.29, 1.82) is 0 Å². The lowest BCUT2D eigenvalue weighted by Gasteiger charge is -2.50. The van der Waals surface area contributed by atoms with Gasteiger partial charge in [0, 0.05) is 50.9 Å². The number of morpholine rings is 1. The number of carbonyl (C=O) groups excluding carboxylic acids is 1. The molecular weight excluding hydrogens is 382 g/mol. The Hall–Kier alpha value is -1.48. The first-order chi connectivity index (χ1) is 14.5. The van der Waals surface area contributed by atoms with Gasteiger partial charge in [0.25, 0.3) is 5.91 Å². The molecule has 3 saturated heterocycles. The van der Waals surface area contributed by atoms with Crippen LogP contribution in [0.3, 0.4) is 0 Å². The minimum absolute atomic E-state index is 0.00361. The van der Waals surface area contributed by atoms with Crippen molar-refractivity contribution in [2.45, 2.75) is 45.3 Å². The van der Waals surface area contributed by atoms with Crippen LogP contribution in [0.5, 0.6) is 0 Å². The van der Waals surface area contributed by atoms with E-state index in [9.17, 15) is 4.79 Å². The quantitative estimate of drug-likeness (QED) is 0.662. The Kier molecular flexibility index (Phi) is 7.08. The molecule has 30 heavy (non-hydrogen) atoms. The summed E-state index contributed by atoms with van der Waals surface area (Å²) in [5.74, 6) is 1.38. The number of nitrogens with zero attached hydrogens (tertiary/aromatic N) is 5. The fourth-order valence-electron chi connectivity index (χ4n) is 4.81. The van der Waals surface area contributed by atoms with Crippen LogP contribution in [0.15, 0.2) is 10.6 Å². The second kappa shape index (κ2) is 9.77. The molecule has 0 N–H and O–H groups in total. The van der Waals surface area contributed by atoms with Gasteiger partial charge in [-0.3, -0.25) is 14.6 Å². The smallest absolute Gasteiger partial charge is 0.276 e. The van der Waals surface area contributed by atoms with Crippen LogP contribution < -0.4 is 0 Å². The average Bonchev–Trinajstić information content (AvgIpc) is 3.15. The molecule has 4 heterocycles. The second-order valence-electron chi connectivity index (χ2n) is 9.56. The Morgan fingerprint density at radius 3 is 2.53 bits per heavy atom. The minimum atomic E-state index is -0.00361. The fourth-order valence-corrected chi connectivity index (χ4v) is 4.81. The minimum Gasteiger partial charge on any atom is -0.379 e. The van der Waals surface area contributed by atoms with E-state index in [2.05, 4.69) is 40.8 Å². The zero-order valence-electron chi connectivity index (χ0n) is 18.8. The van der Waals surface area contributed by atoms with Crippen molar-refractivity contribution in [2.24, 2.45) is 5.92 Å². The molecule has 8 nitrogen and oxygen atoms in total. The molecule has 8 heteroatoms. The van der Waals surface area contributed by atoms with Gasteiger partial charge in [-0.2, -0.15) is 0 Å². The summed E-state index contributed by atoms with van der Waals surface area (Å²) in [6.45, 7) is 13.6. The molecule has 3 fully saturated rings. The molecule has 0 aliphatic carbocycles. The van der Waals surface area contributed by atoms with E-state index in [1.165, 1.54) is 25.9 Å². The topological polar surface area (TPSA) is 65.3 Å². The molecule has 0 radical (unpaired) electrons. The summed E-state index contributed by atoms with van der Waals surface area (Å²) >= 11 is 0. The highest BCUT2D eigenvalue weighted by Crippen LogP contribution is 2.26. The van der Waals surface area contributed by atoms with Crippen LogP contribution in [-0.2, 0) is 11.3 Å². The Labute approximate surface area is 180 Å². The monoisotopic (exact) mass is 419 g/mol. The van der Waals surface area contributed by atoms with Crippen LogP contribution in [-0.4, -0.2) is 109 Å². The van der Waals surface area contributed by atoms with Gasteiger partial charge in [-0.25, -0.2) is 0 Å². The Morgan fingerprint density at radius 2 is 1.87 bits per heavy atom. The van der Waals surface area contributed by atoms with Crippen molar-refractivity contribution >= 4 is 5.91 Å². The van der Waals surface area contributed by atoms with E-state index in [1.807, 2.05) is 11.0 Å². The number of hydrogen-bond acceptors (Lipinski definition) is 7. The van der Waals surface area contributed by atoms with Crippen LogP contribution >= 0.6 is 0 Å². The van der Waals surface area contributed by atoms with Gasteiger partial charge in [0.2, 0.25) is 0 Å². The number of ether oxygens (including phenoxy) is 1. The van der Waals surface area contributed by atoms with Crippen LogP contribution in [0.4, 0.5) is 0 Å². The maximum atomic E-state index is 12.9. The third-order valence-corrected chi connectivity index (χ3v) is 6.61. The largest absolute Gasteiger partial charge is 0.379 e. The van der Waals surface area contributed by atoms with E-state index in [0.29, 0.717) is 30.2 Å². The number of piperidine rings is 1. The van der Waals surface area contributed by atoms with Gasteiger partial charge in [0.05, 0.1) is 19.8 Å². The lowest BCUT2D eigenvalue weighted by atomic mass is 9.96. The molecule has 0 bridgehead atoms. The molecule has 1 aromatic rings. The maximum Gasteiger partial charge on any atom is 0.276 e. The molecule has 3 aliphatic heterocycles. The maximum absolute atomic E-state index is 12.9. The Balaban J connectivity index is 1.30. The predicted molar refractivity (Wildman–Crippen MR) is 114 cm³/mol. The van der Waals surface area contributed by atoms with E-state index in [-0.39, 0.29) is 5.91 Å². The summed E-state index contributed by atoms with van der Waals surface area (Å²) in [4.78, 5) is 22.2. The van der Waals surface area contributed by atoms with Gasteiger partial charge in [-0.05, 0) is 38.9 Å². The van der Waals surface area contributed by atoms with Crippen molar-refractivity contribution < 1.29 is 14.1 Å². The van der Waals surface area contributed by atoms with Crippen molar-refractivity contribution in [1.82, 2.24) is 24.8 Å². The van der Waals surface area contributed by atoms with Gasteiger partial charge < -0.3 is 19.1 Å². The first kappa shape index (κ1) is 21.7. The predicted octanol–water partition coefficient (Wildman–Crippen LogP) is 1.38. The van der Waals surface area contributed by atoms with Crippen molar-refractivity contribution in [3.05, 3.63) is 17.5 Å². The lowest BCUT2D eigenvalue weighted by Crippen LogP contribution is -2.64. The third kappa shape index (κ3) is 5.22. The van der Waals surface area contributed by atoms with E-state index in [1.54, 1.807) is 0 Å². The van der Waals surface area contributed by atoms with Crippen LogP contribution in [0.2, 0.25) is 0 Å². The molecule has 0 atom stereocenters. The average molecular weight is 420 g/mol. The molecular formula is C22H37N5O3. The summed E-state index contributed by atoms with van der Waals surface area (Å²) in [5.41, 5.74) is 0.436. The zero-order chi connectivity index (χ0) is 21.1. The SMILES string of the molecule is CC(C)CN(C1CCN(C)CC1)C1CN(C(=O)c2cc(CN3CCOCC3)on2)C1. The molecule has 3 aliphatic rings. The zero-order valence-corrected chi connectivity index (χ0v) is 18.8. The molecule has 0 unspecified atom stereocenters. The fraction of sp³-hybridized carbons (Fsp3) is 0.818. The van der Waals surface area contributed by atoms with E-state index in [0.717, 1.165) is 51.7 Å². The number of likely N-dealkylation sites (tertiary alicyclic amines) is 2. The highest BCUT2D eigenvalue weighted by atomic mass is 16.5. The molecule has 1 aromatic heterocycles. The number of amides is 1. The number of rotatable bonds is 7. The Morgan fingerprint density at radius 1 is 1.17 bits per heavy atom. The summed E-state index contributed by atoms with van der Waals surface area (Å²) < 4.78 is 10.8. The van der Waals surface area contributed by atoms with E-state index in [4.69, 9.17) is 9.26 Å². The van der Waals surface area contributed by atoms with Crippen molar-refractivity contribution in [3.63, 3.8) is 0 Å². The number of aromatic nitrogens is 1. The van der Waals surface area contributed by atoms with Gasteiger partial charge in [0.1, 0.15) is 0 Å². The summed E-state index contributed by atoms with van der Waals surface area (Å²) in [6, 6.07) is 2.91. The summed E-state index contributed by atoms with van der Waals surface area (Å²) in [6.07, 6.45) is 2.45. The molecule has 1 amide bonds. The first-order valence-corrected chi connectivity index (χ1v) is 11.5. The molecule has 0 saturated carbocycles. The molecule has 168 valence electrons. The van der Waals surface area contributed by atoms with Crippen LogP contribution in [0.1, 0.15) is 42.9 Å². The van der Waals surface area contributed by atoms with Gasteiger partial charge in [0.15, 0.2) is 11.5 Å². The lowest BCUT2D eigenvalue weighted by molar-refractivity contribution is -0.00841. The third-order valence-electron chi connectivity index (χ3n) is 6.61. The first-order valence-electron chi connectivity index (χ1n) is 11.5. The van der Waals surface area contributed by atoms with Gasteiger partial charge in [-0.15, -0.1) is 0 Å². The highest BCUT2D eigenvalue weighted by Gasteiger charge is 2.39. The molecule has 0 spiro atoms. The molecule has 4 rings (SSSR count). The van der Waals surface area contributed by atoms with Gasteiger partial charge >= 0.3 is 0 Å². The molecule has 0 aromatic carbocycles. The van der Waals surface area contributed by atoms with Gasteiger partial charge in [-0.1, -0.05) is 19.0 Å². The van der Waals surface area contributed by atoms with Crippen LogP contribution in [0, 0.1) is 5.92 Å². The summed E-state index contributed by atoms with van der Waals surface area (Å²) in [7, 11) is 2.21. The van der Waals surface area contributed by atoms with Crippen molar-refractivity contribution in [3.8, 4) is 0 Å². The number of carbonyl (C=O) groups is 1. The van der Waals surface area contributed by atoms with Crippen LogP contribution in [0.25, 0.3) is 0 Å². The standard InChI is InChI=1S/C22H37N5O3/c1-17(2)13-27(18-4-6-24(3)7-5-18)19-14-26(15-19)22(28)21-12-20(30-23-21)16-25-8-10-29-11-9-25/h12,17-19H,4-11,13-16H2,1-3H3.